The SMILES string of the molecule is Cn1ncc(-c2ccc3cnc(CC(=O)c4ccnc(OC5CCC5)c4)cc3c2)c1CO. The van der Waals surface area contributed by atoms with Crippen molar-refractivity contribution in [1.29, 1.82) is 0 Å². The van der Waals surface area contributed by atoms with Crippen molar-refractivity contribution in [3.05, 3.63) is 71.9 Å². The van der Waals surface area contributed by atoms with Crippen LogP contribution in [0.4, 0.5) is 0 Å². The van der Waals surface area contributed by atoms with Gasteiger partial charge in [0.2, 0.25) is 5.88 Å². The van der Waals surface area contributed by atoms with Crippen LogP contribution in [0.5, 0.6) is 5.88 Å². The van der Waals surface area contributed by atoms with Crippen molar-refractivity contribution in [1.82, 2.24) is 19.7 Å². The maximum atomic E-state index is 12.9. The van der Waals surface area contributed by atoms with Gasteiger partial charge in [-0.15, -0.1) is 0 Å². The number of aliphatic hydroxyl groups is 1. The van der Waals surface area contributed by atoms with Crippen LogP contribution in [0.2, 0.25) is 0 Å². The highest BCUT2D eigenvalue weighted by molar-refractivity contribution is 5.98. The van der Waals surface area contributed by atoms with E-state index in [1.54, 1.807) is 35.4 Å². The number of pyridine rings is 2. The fraction of sp³-hybridized carbons (Fsp3) is 0.280. The summed E-state index contributed by atoms with van der Waals surface area (Å²) in [6.07, 6.45) is 8.84. The van der Waals surface area contributed by atoms with Crippen LogP contribution in [-0.2, 0) is 20.1 Å². The van der Waals surface area contributed by atoms with Crippen molar-refractivity contribution in [3.8, 4) is 17.0 Å². The van der Waals surface area contributed by atoms with Crippen molar-refractivity contribution in [2.45, 2.75) is 38.4 Å². The molecule has 0 saturated heterocycles. The number of carbonyl (C=O) groups is 1. The third-order valence-electron chi connectivity index (χ3n) is 6.04. The highest BCUT2D eigenvalue weighted by Gasteiger charge is 2.20. The summed E-state index contributed by atoms with van der Waals surface area (Å²) in [6.45, 7) is -0.0850. The Morgan fingerprint density at radius 3 is 2.78 bits per heavy atom. The Hall–Kier alpha value is -3.58. The molecule has 0 aliphatic heterocycles. The van der Waals surface area contributed by atoms with Gasteiger partial charge >= 0.3 is 0 Å². The predicted molar refractivity (Wildman–Crippen MR) is 120 cm³/mol. The average Bonchev–Trinajstić information content (AvgIpc) is 3.16. The van der Waals surface area contributed by atoms with E-state index in [0.717, 1.165) is 40.4 Å². The number of aliphatic hydroxyl groups excluding tert-OH is 1. The standard InChI is InChI=1S/C25H24N4O3/c1-29-23(15-30)22(14-28-29)16-5-6-18-13-27-20(10-19(18)9-16)12-24(31)17-7-8-26-25(11-17)32-21-3-2-4-21/h5-11,13-14,21,30H,2-4,12,15H2,1H3. The molecule has 0 unspecified atom stereocenters. The summed E-state index contributed by atoms with van der Waals surface area (Å²) in [4.78, 5) is 21.6. The summed E-state index contributed by atoms with van der Waals surface area (Å²) in [5.41, 5.74) is 3.89. The second-order valence-corrected chi connectivity index (χ2v) is 8.18. The molecule has 1 aliphatic carbocycles. The van der Waals surface area contributed by atoms with E-state index in [1.165, 1.54) is 6.42 Å². The van der Waals surface area contributed by atoms with Crippen molar-refractivity contribution in [2.75, 3.05) is 0 Å². The fourth-order valence-corrected chi connectivity index (χ4v) is 3.92. The molecule has 0 spiro atoms. The molecule has 1 N–H and O–H groups in total. The van der Waals surface area contributed by atoms with E-state index >= 15 is 0 Å². The minimum Gasteiger partial charge on any atom is -0.474 e. The van der Waals surface area contributed by atoms with Crippen LogP contribution in [-0.4, -0.2) is 36.7 Å². The lowest BCUT2D eigenvalue weighted by Gasteiger charge is -2.25. The van der Waals surface area contributed by atoms with Crippen molar-refractivity contribution in [3.63, 3.8) is 0 Å². The first-order valence-corrected chi connectivity index (χ1v) is 10.8. The van der Waals surface area contributed by atoms with Crippen LogP contribution in [0.15, 0.2) is 55.0 Å². The van der Waals surface area contributed by atoms with Crippen LogP contribution in [0.3, 0.4) is 0 Å². The summed E-state index contributed by atoms with van der Waals surface area (Å²) >= 11 is 0. The molecule has 1 aliphatic rings. The molecule has 0 radical (unpaired) electrons. The molecule has 1 aromatic carbocycles. The van der Waals surface area contributed by atoms with E-state index < -0.39 is 0 Å². The van der Waals surface area contributed by atoms with Crippen LogP contribution < -0.4 is 4.74 Å². The van der Waals surface area contributed by atoms with Crippen LogP contribution in [0, 0.1) is 0 Å². The van der Waals surface area contributed by atoms with Gasteiger partial charge in [0.05, 0.1) is 24.9 Å². The Kier molecular flexibility index (Phi) is 5.41. The first-order valence-electron chi connectivity index (χ1n) is 10.8. The zero-order valence-electron chi connectivity index (χ0n) is 17.9. The molecule has 5 rings (SSSR count). The van der Waals surface area contributed by atoms with E-state index in [2.05, 4.69) is 15.1 Å². The summed E-state index contributed by atoms with van der Waals surface area (Å²) in [6, 6.07) is 11.4. The third-order valence-corrected chi connectivity index (χ3v) is 6.04. The zero-order valence-corrected chi connectivity index (χ0v) is 17.9. The number of ketones is 1. The Labute approximate surface area is 185 Å². The van der Waals surface area contributed by atoms with E-state index in [9.17, 15) is 9.90 Å². The van der Waals surface area contributed by atoms with Gasteiger partial charge in [-0.3, -0.25) is 14.5 Å². The summed E-state index contributed by atoms with van der Waals surface area (Å²) in [5, 5.41) is 15.9. The van der Waals surface area contributed by atoms with Crippen LogP contribution in [0.1, 0.15) is 41.0 Å². The normalized spacial score (nSPS) is 13.8. The maximum Gasteiger partial charge on any atom is 0.214 e. The predicted octanol–water partition coefficient (Wildman–Crippen LogP) is 3.88. The lowest BCUT2D eigenvalue weighted by Crippen LogP contribution is -2.25. The highest BCUT2D eigenvalue weighted by Crippen LogP contribution is 2.28. The molecule has 1 fully saturated rings. The number of ether oxygens (including phenoxy) is 1. The summed E-state index contributed by atoms with van der Waals surface area (Å²) in [7, 11) is 1.81. The molecular formula is C25H24N4O3. The van der Waals surface area contributed by atoms with Gasteiger partial charge in [-0.1, -0.05) is 12.1 Å². The van der Waals surface area contributed by atoms with Crippen LogP contribution in [0.25, 0.3) is 21.9 Å². The summed E-state index contributed by atoms with van der Waals surface area (Å²) < 4.78 is 7.50. The zero-order chi connectivity index (χ0) is 22.1. The average molecular weight is 428 g/mol. The molecule has 0 atom stereocenters. The van der Waals surface area contributed by atoms with Crippen LogP contribution >= 0.6 is 0 Å². The van der Waals surface area contributed by atoms with Crippen molar-refractivity contribution in [2.24, 2.45) is 7.05 Å². The number of fused-ring (bicyclic) bond motifs is 1. The molecule has 1 saturated carbocycles. The highest BCUT2D eigenvalue weighted by atomic mass is 16.5. The minimum atomic E-state index is -0.0850. The quantitative estimate of drug-likeness (QED) is 0.449. The molecule has 0 bridgehead atoms. The topological polar surface area (TPSA) is 90.1 Å². The number of benzene rings is 1. The van der Waals surface area contributed by atoms with E-state index in [0.29, 0.717) is 17.1 Å². The molecule has 32 heavy (non-hydrogen) atoms. The van der Waals surface area contributed by atoms with Gasteiger partial charge < -0.3 is 9.84 Å². The second kappa shape index (κ2) is 8.51. The van der Waals surface area contributed by atoms with Gasteiger partial charge in [0, 0.05) is 47.7 Å². The molecule has 7 heteroatoms. The van der Waals surface area contributed by atoms with Gasteiger partial charge in [-0.25, -0.2) is 4.98 Å². The monoisotopic (exact) mass is 428 g/mol. The number of rotatable bonds is 7. The van der Waals surface area contributed by atoms with E-state index in [4.69, 9.17) is 4.74 Å². The van der Waals surface area contributed by atoms with Crippen molar-refractivity contribution < 1.29 is 14.6 Å². The van der Waals surface area contributed by atoms with Crippen molar-refractivity contribution >= 4 is 16.6 Å². The molecule has 4 aromatic rings. The van der Waals surface area contributed by atoms with E-state index in [1.807, 2.05) is 31.3 Å². The molecule has 0 amide bonds. The number of Topliss-reactive ketones (excluding diaryl/α,β-unsaturated/α-hetero) is 1. The first kappa shape index (κ1) is 20.3. The van der Waals surface area contributed by atoms with Gasteiger partial charge in [-0.05, 0) is 48.4 Å². The molecule has 7 nitrogen and oxygen atoms in total. The summed E-state index contributed by atoms with van der Waals surface area (Å²) in [5.74, 6) is 0.483. The lowest BCUT2D eigenvalue weighted by molar-refractivity contribution is 0.0986. The Balaban J connectivity index is 1.38. The fourth-order valence-electron chi connectivity index (χ4n) is 3.92. The molecule has 162 valence electrons. The second-order valence-electron chi connectivity index (χ2n) is 8.18. The number of hydrogen-bond acceptors (Lipinski definition) is 6. The Morgan fingerprint density at radius 1 is 1.12 bits per heavy atom. The third kappa shape index (κ3) is 3.99. The van der Waals surface area contributed by atoms with Gasteiger partial charge in [0.15, 0.2) is 5.78 Å². The van der Waals surface area contributed by atoms with Gasteiger partial charge in [0.25, 0.3) is 0 Å². The first-order chi connectivity index (χ1) is 15.6. The number of hydrogen-bond donors (Lipinski definition) is 1. The van der Waals surface area contributed by atoms with Gasteiger partial charge in [-0.2, -0.15) is 5.10 Å². The minimum absolute atomic E-state index is 0.0244. The number of nitrogens with zero attached hydrogens (tertiary/aromatic N) is 4. The molecule has 3 aromatic heterocycles. The lowest BCUT2D eigenvalue weighted by atomic mass is 9.96. The molecule has 3 heterocycles. The molecular weight excluding hydrogens is 404 g/mol. The Morgan fingerprint density at radius 2 is 2.00 bits per heavy atom. The van der Waals surface area contributed by atoms with E-state index in [-0.39, 0.29) is 24.9 Å². The number of aromatic nitrogens is 4. The number of aryl methyl sites for hydroxylation is 1. The number of carbonyl (C=O) groups excluding carboxylic acids is 1. The maximum absolute atomic E-state index is 12.9. The smallest absolute Gasteiger partial charge is 0.214 e. The Bertz CT molecular complexity index is 1290. The largest absolute Gasteiger partial charge is 0.474 e. The van der Waals surface area contributed by atoms with Gasteiger partial charge in [0.1, 0.15) is 6.10 Å².